The highest BCUT2D eigenvalue weighted by Gasteiger charge is 2.11. The summed E-state index contributed by atoms with van der Waals surface area (Å²) in [5, 5.41) is 0.436. The van der Waals surface area contributed by atoms with E-state index < -0.39 is 6.43 Å². The van der Waals surface area contributed by atoms with Crippen molar-refractivity contribution in [3.8, 4) is 0 Å². The summed E-state index contributed by atoms with van der Waals surface area (Å²) in [5.74, 6) is 0. The van der Waals surface area contributed by atoms with Crippen LogP contribution in [-0.2, 0) is 0 Å². The number of nitrogens with one attached hydrogen (secondary N) is 1. The standard InChI is InChI=1S/C10H6F2INO/c11-10(12)7-4-8(15)5-2-1-3-6(13)9(5)14-7/h1-4,10H,(H,14,15). The number of benzene rings is 1. The minimum atomic E-state index is -2.65. The highest BCUT2D eigenvalue weighted by Crippen LogP contribution is 2.20. The second-order valence-corrected chi connectivity index (χ2v) is 4.21. The number of pyridine rings is 1. The maximum Gasteiger partial charge on any atom is 0.278 e. The van der Waals surface area contributed by atoms with Crippen LogP contribution in [0.2, 0.25) is 0 Å². The Balaban J connectivity index is 2.86. The van der Waals surface area contributed by atoms with Crippen molar-refractivity contribution in [3.05, 3.63) is 43.8 Å². The quantitative estimate of drug-likeness (QED) is 0.805. The lowest BCUT2D eigenvalue weighted by molar-refractivity contribution is 0.146. The first-order valence-electron chi connectivity index (χ1n) is 4.19. The molecule has 0 unspecified atom stereocenters. The predicted molar refractivity (Wildman–Crippen MR) is 62.2 cm³/mol. The highest BCUT2D eigenvalue weighted by atomic mass is 127. The van der Waals surface area contributed by atoms with Crippen LogP contribution in [0, 0.1) is 3.57 Å². The average molecular weight is 321 g/mol. The number of H-pyrrole nitrogens is 1. The molecule has 2 nitrogen and oxygen atoms in total. The van der Waals surface area contributed by atoms with Gasteiger partial charge in [-0.05, 0) is 34.7 Å². The zero-order chi connectivity index (χ0) is 11.0. The van der Waals surface area contributed by atoms with Crippen molar-refractivity contribution in [1.82, 2.24) is 4.98 Å². The molecule has 78 valence electrons. The normalized spacial score (nSPS) is 11.2. The zero-order valence-corrected chi connectivity index (χ0v) is 9.59. The Kier molecular flexibility index (Phi) is 2.72. The zero-order valence-electron chi connectivity index (χ0n) is 7.43. The lowest BCUT2D eigenvalue weighted by Crippen LogP contribution is -2.06. The van der Waals surface area contributed by atoms with Crippen LogP contribution in [0.5, 0.6) is 0 Å². The van der Waals surface area contributed by atoms with Gasteiger partial charge in [0.15, 0.2) is 5.43 Å². The van der Waals surface area contributed by atoms with E-state index >= 15 is 0 Å². The molecule has 0 fully saturated rings. The summed E-state index contributed by atoms with van der Waals surface area (Å²) >= 11 is 2.00. The van der Waals surface area contributed by atoms with Crippen LogP contribution in [0.25, 0.3) is 10.9 Å². The van der Waals surface area contributed by atoms with Gasteiger partial charge in [0.25, 0.3) is 6.43 Å². The van der Waals surface area contributed by atoms with Crippen LogP contribution < -0.4 is 5.43 Å². The van der Waals surface area contributed by atoms with Crippen LogP contribution >= 0.6 is 22.6 Å². The van der Waals surface area contributed by atoms with Crippen molar-refractivity contribution in [1.29, 1.82) is 0 Å². The molecule has 0 bridgehead atoms. The largest absolute Gasteiger partial charge is 0.353 e. The summed E-state index contributed by atoms with van der Waals surface area (Å²) in [6.07, 6.45) is -2.65. The van der Waals surface area contributed by atoms with E-state index in [-0.39, 0.29) is 11.1 Å². The van der Waals surface area contributed by atoms with Gasteiger partial charge in [0.1, 0.15) is 0 Å². The van der Waals surface area contributed by atoms with E-state index in [1.54, 1.807) is 18.2 Å². The maximum atomic E-state index is 12.4. The molecule has 0 atom stereocenters. The van der Waals surface area contributed by atoms with Crippen LogP contribution in [-0.4, -0.2) is 4.98 Å². The first-order chi connectivity index (χ1) is 7.09. The first kappa shape index (κ1) is 10.5. The monoisotopic (exact) mass is 321 g/mol. The summed E-state index contributed by atoms with van der Waals surface area (Å²) < 4.78 is 25.6. The fourth-order valence-corrected chi connectivity index (χ4v) is 2.01. The van der Waals surface area contributed by atoms with Gasteiger partial charge in [0.2, 0.25) is 0 Å². The Morgan fingerprint density at radius 1 is 1.33 bits per heavy atom. The van der Waals surface area contributed by atoms with Gasteiger partial charge in [-0.3, -0.25) is 4.79 Å². The fourth-order valence-electron chi connectivity index (χ4n) is 1.37. The molecule has 0 aliphatic carbocycles. The molecule has 1 N–H and O–H groups in total. The number of hydrogen-bond donors (Lipinski definition) is 1. The molecule has 2 rings (SSSR count). The number of rotatable bonds is 1. The Labute approximate surface area is 97.5 Å². The molecule has 0 saturated heterocycles. The number of alkyl halides is 2. The first-order valence-corrected chi connectivity index (χ1v) is 5.27. The van der Waals surface area contributed by atoms with Crippen molar-refractivity contribution in [2.45, 2.75) is 6.43 Å². The SMILES string of the molecule is O=c1cc(C(F)F)[nH]c2c(I)cccc12. The van der Waals surface area contributed by atoms with Crippen molar-refractivity contribution in [2.75, 3.05) is 0 Å². The van der Waals surface area contributed by atoms with Crippen molar-refractivity contribution < 1.29 is 8.78 Å². The second kappa shape index (κ2) is 3.88. The average Bonchev–Trinajstić information content (AvgIpc) is 2.19. The van der Waals surface area contributed by atoms with Gasteiger partial charge in [-0.2, -0.15) is 0 Å². The molecule has 5 heteroatoms. The summed E-state index contributed by atoms with van der Waals surface area (Å²) in [6, 6.07) is 6.05. The Morgan fingerprint density at radius 3 is 2.73 bits per heavy atom. The Morgan fingerprint density at radius 2 is 2.07 bits per heavy atom. The molecule has 1 aromatic heterocycles. The number of fused-ring (bicyclic) bond motifs is 1. The van der Waals surface area contributed by atoms with Crippen LogP contribution in [0.1, 0.15) is 12.1 Å². The van der Waals surface area contributed by atoms with Crippen molar-refractivity contribution in [2.24, 2.45) is 0 Å². The lowest BCUT2D eigenvalue weighted by atomic mass is 10.2. The molecule has 0 spiro atoms. The van der Waals surface area contributed by atoms with Gasteiger partial charge < -0.3 is 4.98 Å². The third kappa shape index (κ3) is 1.88. The Hall–Kier alpha value is -0.980. The molecule has 15 heavy (non-hydrogen) atoms. The molecular weight excluding hydrogens is 315 g/mol. The topological polar surface area (TPSA) is 32.9 Å². The van der Waals surface area contributed by atoms with Crippen LogP contribution in [0.4, 0.5) is 8.78 Å². The molecule has 0 amide bonds. The lowest BCUT2D eigenvalue weighted by Gasteiger charge is -2.04. The molecule has 0 aliphatic heterocycles. The van der Waals surface area contributed by atoms with Crippen LogP contribution in [0.15, 0.2) is 29.1 Å². The van der Waals surface area contributed by atoms with E-state index in [1.165, 1.54) is 0 Å². The molecular formula is C10H6F2INO. The smallest absolute Gasteiger partial charge is 0.278 e. The van der Waals surface area contributed by atoms with E-state index in [0.717, 1.165) is 9.64 Å². The van der Waals surface area contributed by atoms with Gasteiger partial charge in [-0.25, -0.2) is 8.78 Å². The second-order valence-electron chi connectivity index (χ2n) is 3.05. The molecule has 0 radical (unpaired) electrons. The van der Waals surface area contributed by atoms with Crippen molar-refractivity contribution in [3.63, 3.8) is 0 Å². The van der Waals surface area contributed by atoms with Gasteiger partial charge in [-0.1, -0.05) is 6.07 Å². The maximum absolute atomic E-state index is 12.4. The molecule has 0 aliphatic rings. The number of para-hydroxylation sites is 1. The van der Waals surface area contributed by atoms with Crippen molar-refractivity contribution >= 4 is 33.5 Å². The van der Waals surface area contributed by atoms with E-state index in [0.29, 0.717) is 10.9 Å². The molecule has 1 aromatic carbocycles. The molecule has 1 heterocycles. The summed E-state index contributed by atoms with van der Waals surface area (Å²) in [6.45, 7) is 0. The third-order valence-electron chi connectivity index (χ3n) is 2.07. The third-order valence-corrected chi connectivity index (χ3v) is 2.97. The number of halogens is 3. The molecule has 0 saturated carbocycles. The van der Waals surface area contributed by atoms with E-state index in [9.17, 15) is 13.6 Å². The van der Waals surface area contributed by atoms with Gasteiger partial charge in [-0.15, -0.1) is 0 Å². The summed E-state index contributed by atoms with van der Waals surface area (Å²) in [5.41, 5.74) is -0.241. The van der Waals surface area contributed by atoms with Gasteiger partial charge in [0, 0.05) is 15.0 Å². The van der Waals surface area contributed by atoms with Crippen LogP contribution in [0.3, 0.4) is 0 Å². The van der Waals surface area contributed by atoms with Gasteiger partial charge in [0.05, 0.1) is 11.2 Å². The molecule has 2 aromatic rings. The van der Waals surface area contributed by atoms with E-state index in [4.69, 9.17) is 0 Å². The van der Waals surface area contributed by atoms with E-state index in [1.807, 2.05) is 22.6 Å². The minimum Gasteiger partial charge on any atom is -0.353 e. The number of hydrogen-bond acceptors (Lipinski definition) is 1. The predicted octanol–water partition coefficient (Wildman–Crippen LogP) is 3.07. The Bertz CT molecular complexity index is 565. The van der Waals surface area contributed by atoms with E-state index in [2.05, 4.69) is 4.98 Å². The minimum absolute atomic E-state index is 0.336. The number of aromatic nitrogens is 1. The van der Waals surface area contributed by atoms with Gasteiger partial charge >= 0.3 is 0 Å². The highest BCUT2D eigenvalue weighted by molar-refractivity contribution is 14.1. The summed E-state index contributed by atoms with van der Waals surface area (Å²) in [7, 11) is 0. The fraction of sp³-hybridized carbons (Fsp3) is 0.100. The summed E-state index contributed by atoms with van der Waals surface area (Å²) in [4.78, 5) is 14.1. The number of aromatic amines is 1.